The number of nitrogens with zero attached hydrogens (tertiary/aromatic N) is 6. The molecule has 1 aromatic heterocycles. The number of hydrogen-bond acceptors (Lipinski definition) is 6. The van der Waals surface area contributed by atoms with Gasteiger partial charge in [0.15, 0.2) is 0 Å². The zero-order valence-corrected chi connectivity index (χ0v) is 21.0. The first-order valence-corrected chi connectivity index (χ1v) is 12.6. The zero-order valence-electron chi connectivity index (χ0n) is 21.0. The van der Waals surface area contributed by atoms with Gasteiger partial charge in [-0.25, -0.2) is 9.07 Å². The summed E-state index contributed by atoms with van der Waals surface area (Å²) in [6.07, 6.45) is 1.06. The summed E-state index contributed by atoms with van der Waals surface area (Å²) in [4.78, 5) is 12.0. The van der Waals surface area contributed by atoms with Crippen LogP contribution in [-0.4, -0.2) is 58.2 Å². The minimum atomic E-state index is -4.54. The molecule has 5 rings (SSSR count). The van der Waals surface area contributed by atoms with Crippen molar-refractivity contribution in [3.05, 3.63) is 53.1 Å². The van der Waals surface area contributed by atoms with Gasteiger partial charge in [0.2, 0.25) is 11.9 Å². The van der Waals surface area contributed by atoms with Gasteiger partial charge in [0.05, 0.1) is 0 Å². The predicted octanol–water partition coefficient (Wildman–Crippen LogP) is 5.44. The Bertz CT molecular complexity index is 1220. The first kappa shape index (κ1) is 25.3. The number of nitrogens with one attached hydrogen (secondary N) is 1. The van der Waals surface area contributed by atoms with Gasteiger partial charge in [-0.2, -0.15) is 18.2 Å². The number of rotatable bonds is 6. The number of aryl methyl sites for hydroxylation is 2. The molecule has 3 atom stereocenters. The number of allylic oxidation sites excluding steroid dienone is 3. The van der Waals surface area contributed by atoms with E-state index in [0.717, 1.165) is 44.1 Å². The maximum atomic E-state index is 14.2. The fourth-order valence-corrected chi connectivity index (χ4v) is 5.75. The van der Waals surface area contributed by atoms with Crippen molar-refractivity contribution >= 4 is 24.3 Å². The molecule has 2 aromatic rings. The van der Waals surface area contributed by atoms with E-state index in [2.05, 4.69) is 22.1 Å². The van der Waals surface area contributed by atoms with Crippen LogP contribution in [0.3, 0.4) is 0 Å². The molecule has 198 valence electrons. The van der Waals surface area contributed by atoms with E-state index in [9.17, 15) is 17.6 Å². The second-order valence-electron chi connectivity index (χ2n) is 9.97. The third-order valence-electron chi connectivity index (χ3n) is 7.65. The average Bonchev–Trinajstić information content (AvgIpc) is 3.36. The predicted molar refractivity (Wildman–Crippen MR) is 135 cm³/mol. The number of aliphatic imine (C=N–C) groups is 1. The quantitative estimate of drug-likeness (QED) is 0.314. The number of halogens is 4. The Morgan fingerprint density at radius 2 is 1.92 bits per heavy atom. The van der Waals surface area contributed by atoms with E-state index in [-0.39, 0.29) is 23.7 Å². The van der Waals surface area contributed by atoms with Crippen LogP contribution >= 0.6 is 0 Å². The van der Waals surface area contributed by atoms with Crippen molar-refractivity contribution in [1.29, 1.82) is 0 Å². The van der Waals surface area contributed by atoms with Crippen LogP contribution in [0.2, 0.25) is 0 Å². The third-order valence-corrected chi connectivity index (χ3v) is 7.65. The average molecular weight is 518 g/mol. The lowest BCUT2D eigenvalue weighted by molar-refractivity contribution is -0.0923. The number of anilines is 3. The van der Waals surface area contributed by atoms with E-state index >= 15 is 0 Å². The molecular formula is C26H31F4N7. The molecule has 1 saturated heterocycles. The Morgan fingerprint density at radius 1 is 1.19 bits per heavy atom. The Hall–Kier alpha value is -3.37. The van der Waals surface area contributed by atoms with Crippen molar-refractivity contribution in [1.82, 2.24) is 19.7 Å². The second kappa shape index (κ2) is 9.83. The number of aromatic nitrogens is 3. The molecule has 2 bridgehead atoms. The Morgan fingerprint density at radius 3 is 2.54 bits per heavy atom. The van der Waals surface area contributed by atoms with E-state index < -0.39 is 11.9 Å². The van der Waals surface area contributed by atoms with E-state index in [0.29, 0.717) is 36.2 Å². The summed E-state index contributed by atoms with van der Waals surface area (Å²) >= 11 is 0. The molecule has 3 aliphatic rings. The van der Waals surface area contributed by atoms with E-state index in [4.69, 9.17) is 4.98 Å². The molecule has 7 nitrogen and oxygen atoms in total. The van der Waals surface area contributed by atoms with Crippen molar-refractivity contribution in [2.45, 2.75) is 51.9 Å². The van der Waals surface area contributed by atoms with Crippen LogP contribution in [0.25, 0.3) is 0 Å². The van der Waals surface area contributed by atoms with Crippen molar-refractivity contribution in [3.8, 4) is 0 Å². The molecule has 37 heavy (non-hydrogen) atoms. The molecule has 0 radical (unpaired) electrons. The molecule has 3 heterocycles. The SMILES string of the molecule is C=N/C(=C\C(=C/C)N1C[C@H]2CC[C@@H](C1)[C@@H]2Nc1nc2n(n1)CCCN2c1ccc(C)c(F)c1)C(F)(F)F. The van der Waals surface area contributed by atoms with Gasteiger partial charge in [-0.05, 0) is 75.4 Å². The van der Waals surface area contributed by atoms with Crippen molar-refractivity contribution in [2.75, 3.05) is 29.9 Å². The van der Waals surface area contributed by atoms with Crippen LogP contribution in [0.4, 0.5) is 35.1 Å². The third kappa shape index (κ3) is 4.95. The summed E-state index contributed by atoms with van der Waals surface area (Å²) in [6, 6.07) is 5.32. The van der Waals surface area contributed by atoms with E-state index in [1.54, 1.807) is 26.0 Å². The highest BCUT2D eigenvalue weighted by Gasteiger charge is 2.43. The topological polar surface area (TPSA) is 61.6 Å². The van der Waals surface area contributed by atoms with Gasteiger partial charge in [0.25, 0.3) is 0 Å². The lowest BCUT2D eigenvalue weighted by atomic mass is 9.91. The lowest BCUT2D eigenvalue weighted by Gasteiger charge is -2.40. The largest absolute Gasteiger partial charge is 0.433 e. The molecule has 1 aromatic carbocycles. The highest BCUT2D eigenvalue weighted by Crippen LogP contribution is 2.41. The highest BCUT2D eigenvalue weighted by atomic mass is 19.4. The highest BCUT2D eigenvalue weighted by molar-refractivity contribution is 5.60. The fourth-order valence-electron chi connectivity index (χ4n) is 5.75. The number of fused-ring (bicyclic) bond motifs is 3. The second-order valence-corrected chi connectivity index (χ2v) is 9.97. The van der Waals surface area contributed by atoms with Gasteiger partial charge >= 0.3 is 6.18 Å². The molecule has 2 fully saturated rings. The summed E-state index contributed by atoms with van der Waals surface area (Å²) in [5.41, 5.74) is 0.861. The van der Waals surface area contributed by atoms with Crippen molar-refractivity contribution in [2.24, 2.45) is 16.8 Å². The van der Waals surface area contributed by atoms with Crippen LogP contribution < -0.4 is 10.2 Å². The number of benzene rings is 1. The maximum absolute atomic E-state index is 14.2. The van der Waals surface area contributed by atoms with Gasteiger partial charge in [-0.15, -0.1) is 5.10 Å². The fraction of sp³-hybridized carbons (Fsp3) is 0.500. The van der Waals surface area contributed by atoms with Crippen LogP contribution in [0.15, 0.2) is 46.7 Å². The Labute approximate surface area is 213 Å². The molecule has 1 saturated carbocycles. The molecule has 0 unspecified atom stereocenters. The molecule has 1 N–H and O–H groups in total. The molecule has 0 spiro atoms. The number of likely N-dealkylation sites (tertiary alicyclic amines) is 1. The number of hydrogen-bond donors (Lipinski definition) is 1. The summed E-state index contributed by atoms with van der Waals surface area (Å²) in [7, 11) is 0. The van der Waals surface area contributed by atoms with Gasteiger partial charge in [0, 0.05) is 43.6 Å². The minimum absolute atomic E-state index is 0.132. The van der Waals surface area contributed by atoms with Crippen LogP contribution in [0.1, 0.15) is 31.7 Å². The number of alkyl halides is 3. The Kier molecular flexibility index (Phi) is 6.72. The van der Waals surface area contributed by atoms with Crippen molar-refractivity contribution < 1.29 is 17.6 Å². The minimum Gasteiger partial charge on any atom is -0.371 e. The van der Waals surface area contributed by atoms with Crippen LogP contribution in [-0.2, 0) is 6.54 Å². The molecule has 0 amide bonds. The van der Waals surface area contributed by atoms with Gasteiger partial charge in [0.1, 0.15) is 11.5 Å². The van der Waals surface area contributed by atoms with Crippen LogP contribution in [0.5, 0.6) is 0 Å². The van der Waals surface area contributed by atoms with Crippen LogP contribution in [0, 0.1) is 24.6 Å². The molecular weight excluding hydrogens is 486 g/mol. The van der Waals surface area contributed by atoms with Gasteiger partial charge in [-0.1, -0.05) is 12.1 Å². The van der Waals surface area contributed by atoms with E-state index in [1.807, 2.05) is 20.5 Å². The molecule has 11 heteroatoms. The molecule has 1 aliphatic carbocycles. The summed E-state index contributed by atoms with van der Waals surface area (Å²) in [6.45, 7) is 9.29. The number of piperidine rings is 1. The summed E-state index contributed by atoms with van der Waals surface area (Å²) in [5, 5.41) is 8.22. The maximum Gasteiger partial charge on any atom is 0.433 e. The van der Waals surface area contributed by atoms with E-state index in [1.165, 1.54) is 6.07 Å². The normalized spacial score (nSPS) is 24.3. The standard InChI is InChI=1S/C26H31F4N7/c1-4-19(13-22(31-3)26(28,29)30)35-14-17-7-8-18(15-35)23(17)32-24-33-25-36(10-5-11-37(25)34-24)20-9-6-16(2)21(27)12-20/h4,6,9,12-13,17-18,23H,3,5,7-8,10-11,14-15H2,1-2H3,(H,32,34)/b19-4+,22-13-/t17-,18+,23-. The first-order valence-electron chi connectivity index (χ1n) is 12.6. The molecule has 2 aliphatic heterocycles. The van der Waals surface area contributed by atoms with Gasteiger partial charge in [-0.3, -0.25) is 4.99 Å². The smallest absolute Gasteiger partial charge is 0.371 e. The van der Waals surface area contributed by atoms with Gasteiger partial charge < -0.3 is 15.1 Å². The lowest BCUT2D eigenvalue weighted by Crippen LogP contribution is -2.47. The van der Waals surface area contributed by atoms with Crippen molar-refractivity contribution in [3.63, 3.8) is 0 Å². The first-order chi connectivity index (χ1) is 17.7. The Balaban J connectivity index is 1.32. The summed E-state index contributed by atoms with van der Waals surface area (Å²) in [5.74, 6) is 1.45. The summed E-state index contributed by atoms with van der Waals surface area (Å²) < 4.78 is 55.8. The zero-order chi connectivity index (χ0) is 26.3. The monoisotopic (exact) mass is 517 g/mol.